The van der Waals surface area contributed by atoms with Crippen molar-refractivity contribution >= 4 is 25.6 Å². The molecule has 0 aliphatic carbocycles. The molecule has 0 aromatic heterocycles. The number of methoxy groups -OCH3 is 1. The average molecular weight is 285 g/mol. The Morgan fingerprint density at radius 3 is 2.59 bits per heavy atom. The van der Waals surface area contributed by atoms with Crippen molar-refractivity contribution in [2.45, 2.75) is 6.42 Å². The van der Waals surface area contributed by atoms with Gasteiger partial charge in [0.1, 0.15) is 0 Å². The van der Waals surface area contributed by atoms with Gasteiger partial charge in [-0.05, 0) is 10.8 Å². The summed E-state index contributed by atoms with van der Waals surface area (Å²) < 4.78 is 31.5. The van der Waals surface area contributed by atoms with E-state index in [0.717, 1.165) is 17.0 Å². The van der Waals surface area contributed by atoms with Crippen LogP contribution in [-0.2, 0) is 23.1 Å². The van der Waals surface area contributed by atoms with E-state index in [4.69, 9.17) is 9.47 Å². The van der Waals surface area contributed by atoms with Crippen LogP contribution in [0.2, 0.25) is 0 Å². The maximum absolute atomic E-state index is 11.2. The Bertz CT molecular complexity index is 305. The van der Waals surface area contributed by atoms with Crippen molar-refractivity contribution in [3.63, 3.8) is 0 Å². The topological polar surface area (TPSA) is 81.7 Å². The molecule has 0 aliphatic rings. The number of hydrogen-bond donors (Lipinski definition) is 1. The van der Waals surface area contributed by atoms with Crippen LogP contribution in [0.5, 0.6) is 0 Å². The number of carbonyl (C=O) groups excluding carboxylic acids is 1. The summed E-state index contributed by atoms with van der Waals surface area (Å²) in [6.45, 7) is 1.87. The van der Waals surface area contributed by atoms with Crippen LogP contribution in [0.1, 0.15) is 6.42 Å². The fourth-order valence-electron chi connectivity index (χ4n) is 0.881. The lowest BCUT2D eigenvalue weighted by molar-refractivity contribution is -0.120. The zero-order chi connectivity index (χ0) is 13.1. The van der Waals surface area contributed by atoms with Crippen LogP contribution in [0.3, 0.4) is 0 Å². The van der Waals surface area contributed by atoms with E-state index in [-0.39, 0.29) is 18.1 Å². The summed E-state index contributed by atoms with van der Waals surface area (Å²) >= 11 is 0. The number of hydrogen-bond acceptors (Lipinski definition) is 6. The molecule has 0 bridgehead atoms. The molecule has 0 heterocycles. The molecule has 0 radical (unpaired) electrons. The molecule has 0 aliphatic heterocycles. The summed E-state index contributed by atoms with van der Waals surface area (Å²) in [5.74, 6) is 0.103. The third-order valence-electron chi connectivity index (χ3n) is 1.63. The van der Waals surface area contributed by atoms with Crippen molar-refractivity contribution in [1.29, 1.82) is 0 Å². The van der Waals surface area contributed by atoms with Gasteiger partial charge in [0, 0.05) is 32.1 Å². The molecule has 0 saturated carbocycles. The molecule has 102 valence electrons. The van der Waals surface area contributed by atoms with Gasteiger partial charge in [-0.1, -0.05) is 0 Å². The molecule has 0 rings (SSSR count). The number of ether oxygens (including phenoxy) is 2. The number of rotatable bonds is 10. The monoisotopic (exact) mass is 285 g/mol. The molecule has 0 spiro atoms. The van der Waals surface area contributed by atoms with Gasteiger partial charge in [0.25, 0.3) is 0 Å². The minimum absolute atomic E-state index is 0.170. The van der Waals surface area contributed by atoms with Crippen molar-refractivity contribution in [3.8, 4) is 0 Å². The Labute approximate surface area is 106 Å². The zero-order valence-corrected chi connectivity index (χ0v) is 11.7. The SMILES string of the molecule is COCCOCCNC(=O)CCSS(C)(=O)=O. The second-order valence-electron chi connectivity index (χ2n) is 3.23. The van der Waals surface area contributed by atoms with E-state index < -0.39 is 8.87 Å². The molecule has 1 N–H and O–H groups in total. The van der Waals surface area contributed by atoms with Gasteiger partial charge in [0.15, 0.2) is 8.87 Å². The fourth-order valence-corrected chi connectivity index (χ4v) is 2.61. The number of carbonyl (C=O) groups is 1. The summed E-state index contributed by atoms with van der Waals surface area (Å²) in [4.78, 5) is 11.2. The summed E-state index contributed by atoms with van der Waals surface area (Å²) in [5.41, 5.74) is 0. The minimum Gasteiger partial charge on any atom is -0.382 e. The molecular weight excluding hydrogens is 266 g/mol. The van der Waals surface area contributed by atoms with Crippen molar-refractivity contribution in [3.05, 3.63) is 0 Å². The van der Waals surface area contributed by atoms with Crippen molar-refractivity contribution in [2.75, 3.05) is 45.5 Å². The number of amides is 1. The van der Waals surface area contributed by atoms with Crippen molar-refractivity contribution in [1.82, 2.24) is 5.32 Å². The summed E-state index contributed by atoms with van der Waals surface area (Å²) in [6, 6.07) is 0. The largest absolute Gasteiger partial charge is 0.382 e. The van der Waals surface area contributed by atoms with Crippen LogP contribution >= 0.6 is 10.8 Å². The van der Waals surface area contributed by atoms with Crippen LogP contribution < -0.4 is 5.32 Å². The van der Waals surface area contributed by atoms with Crippen molar-refractivity contribution in [2.24, 2.45) is 0 Å². The Kier molecular flexibility index (Phi) is 9.52. The van der Waals surface area contributed by atoms with Crippen LogP contribution in [0.15, 0.2) is 0 Å². The van der Waals surface area contributed by atoms with Gasteiger partial charge in [0.2, 0.25) is 5.91 Å². The Morgan fingerprint density at radius 2 is 2.00 bits per heavy atom. The van der Waals surface area contributed by atoms with Crippen LogP contribution in [0.25, 0.3) is 0 Å². The summed E-state index contributed by atoms with van der Waals surface area (Å²) in [6.07, 6.45) is 1.31. The normalized spacial score (nSPS) is 11.4. The standard InChI is InChI=1S/C9H19NO5S2/c1-14-6-7-15-5-4-10-9(11)3-8-16-17(2,12)13/h3-8H2,1-2H3,(H,10,11). The smallest absolute Gasteiger partial charge is 0.220 e. The van der Waals surface area contributed by atoms with E-state index in [9.17, 15) is 13.2 Å². The van der Waals surface area contributed by atoms with Gasteiger partial charge in [-0.2, -0.15) is 0 Å². The Hall–Kier alpha value is -0.310. The van der Waals surface area contributed by atoms with E-state index in [0.29, 0.717) is 26.4 Å². The molecular formula is C9H19NO5S2. The van der Waals surface area contributed by atoms with Crippen LogP contribution in [-0.4, -0.2) is 59.8 Å². The maximum atomic E-state index is 11.2. The highest BCUT2D eigenvalue weighted by Gasteiger charge is 2.05. The fraction of sp³-hybridized carbons (Fsp3) is 0.889. The molecule has 0 fully saturated rings. The van der Waals surface area contributed by atoms with Gasteiger partial charge < -0.3 is 14.8 Å². The van der Waals surface area contributed by atoms with Gasteiger partial charge in [0.05, 0.1) is 19.8 Å². The average Bonchev–Trinajstić information content (AvgIpc) is 2.21. The van der Waals surface area contributed by atoms with Crippen LogP contribution in [0, 0.1) is 0 Å². The molecule has 8 heteroatoms. The lowest BCUT2D eigenvalue weighted by Crippen LogP contribution is -2.27. The molecule has 0 atom stereocenters. The molecule has 6 nitrogen and oxygen atoms in total. The first-order valence-corrected chi connectivity index (χ1v) is 8.53. The highest BCUT2D eigenvalue weighted by atomic mass is 33.1. The van der Waals surface area contributed by atoms with Gasteiger partial charge in [-0.25, -0.2) is 8.42 Å². The highest BCUT2D eigenvalue weighted by Crippen LogP contribution is 2.10. The minimum atomic E-state index is -3.06. The number of nitrogens with one attached hydrogen (secondary N) is 1. The second kappa shape index (κ2) is 9.69. The Balaban J connectivity index is 3.35. The lowest BCUT2D eigenvalue weighted by Gasteiger charge is -2.05. The first kappa shape index (κ1) is 16.7. The molecule has 17 heavy (non-hydrogen) atoms. The van der Waals surface area contributed by atoms with E-state index >= 15 is 0 Å². The summed E-state index contributed by atoms with van der Waals surface area (Å²) in [7, 11) is -0.693. The predicted molar refractivity (Wildman–Crippen MR) is 67.6 cm³/mol. The van der Waals surface area contributed by atoms with Gasteiger partial charge >= 0.3 is 0 Å². The highest BCUT2D eigenvalue weighted by molar-refractivity contribution is 8.71. The van der Waals surface area contributed by atoms with E-state index in [2.05, 4.69) is 5.32 Å². The molecule has 0 aromatic carbocycles. The summed E-state index contributed by atoms with van der Waals surface area (Å²) in [5, 5.41) is 2.63. The molecule has 0 aromatic rings. The quantitative estimate of drug-likeness (QED) is 0.444. The first-order chi connectivity index (χ1) is 7.95. The Morgan fingerprint density at radius 1 is 1.29 bits per heavy atom. The van der Waals surface area contributed by atoms with E-state index in [1.54, 1.807) is 7.11 Å². The molecule has 1 amide bonds. The third kappa shape index (κ3) is 13.6. The second-order valence-corrected chi connectivity index (χ2v) is 7.81. The van der Waals surface area contributed by atoms with Crippen molar-refractivity contribution < 1.29 is 22.7 Å². The predicted octanol–water partition coefficient (Wildman–Crippen LogP) is -0.151. The van der Waals surface area contributed by atoms with Crippen LogP contribution in [0.4, 0.5) is 0 Å². The van der Waals surface area contributed by atoms with E-state index in [1.807, 2.05) is 0 Å². The first-order valence-electron chi connectivity index (χ1n) is 5.13. The van der Waals surface area contributed by atoms with Gasteiger partial charge in [-0.3, -0.25) is 4.79 Å². The zero-order valence-electron chi connectivity index (χ0n) is 10.1. The van der Waals surface area contributed by atoms with Gasteiger partial charge in [-0.15, -0.1) is 0 Å². The third-order valence-corrected chi connectivity index (χ3v) is 4.21. The van der Waals surface area contributed by atoms with E-state index in [1.165, 1.54) is 0 Å². The maximum Gasteiger partial charge on any atom is 0.220 e. The molecule has 0 unspecified atom stereocenters. The molecule has 0 saturated heterocycles. The lowest BCUT2D eigenvalue weighted by atomic mass is 10.4.